The summed E-state index contributed by atoms with van der Waals surface area (Å²) in [7, 11) is -6.86. The molecule has 0 fully saturated rings. The van der Waals surface area contributed by atoms with Crippen LogP contribution >= 0.6 is 0 Å². The molecule has 0 amide bonds. The van der Waals surface area contributed by atoms with Gasteiger partial charge in [0.1, 0.15) is 0 Å². The SMILES string of the molecule is Cc1cc(S(=O)(=O)O)ccc1N=S(=O)=O. The van der Waals surface area contributed by atoms with Gasteiger partial charge in [-0.15, -0.1) is 4.36 Å². The summed E-state index contributed by atoms with van der Waals surface area (Å²) >= 11 is 0. The van der Waals surface area contributed by atoms with E-state index in [-0.39, 0.29) is 10.6 Å². The molecule has 0 saturated carbocycles. The lowest BCUT2D eigenvalue weighted by atomic mass is 10.2. The van der Waals surface area contributed by atoms with E-state index in [1.54, 1.807) is 0 Å². The van der Waals surface area contributed by atoms with E-state index >= 15 is 0 Å². The lowest BCUT2D eigenvalue weighted by Crippen LogP contribution is -1.97. The molecule has 0 saturated heterocycles. The molecule has 0 unspecified atom stereocenters. The average molecular weight is 249 g/mol. The Balaban J connectivity index is 3.39. The molecule has 0 aliphatic heterocycles. The molecule has 15 heavy (non-hydrogen) atoms. The molecule has 0 aliphatic carbocycles. The lowest BCUT2D eigenvalue weighted by Gasteiger charge is -2.00. The van der Waals surface area contributed by atoms with E-state index in [4.69, 9.17) is 4.55 Å². The Morgan fingerprint density at radius 3 is 2.33 bits per heavy atom. The van der Waals surface area contributed by atoms with Crippen molar-refractivity contribution in [2.45, 2.75) is 11.8 Å². The largest absolute Gasteiger partial charge is 0.316 e. The minimum Gasteiger partial charge on any atom is -0.282 e. The van der Waals surface area contributed by atoms with Crippen molar-refractivity contribution in [1.29, 1.82) is 0 Å². The number of hydrogen-bond acceptors (Lipinski definition) is 5. The maximum Gasteiger partial charge on any atom is 0.316 e. The van der Waals surface area contributed by atoms with Crippen molar-refractivity contribution in [3.63, 3.8) is 0 Å². The third-order valence-corrected chi connectivity index (χ3v) is 2.83. The molecule has 0 aliphatic rings. The fourth-order valence-electron chi connectivity index (χ4n) is 0.971. The van der Waals surface area contributed by atoms with Gasteiger partial charge in [-0.05, 0) is 30.7 Å². The molecule has 82 valence electrons. The van der Waals surface area contributed by atoms with Gasteiger partial charge in [0.2, 0.25) is 0 Å². The maximum absolute atomic E-state index is 10.7. The first kappa shape index (κ1) is 11.8. The molecular formula is C7H7NO5S2. The Morgan fingerprint density at radius 1 is 1.33 bits per heavy atom. The summed E-state index contributed by atoms with van der Waals surface area (Å²) in [5, 5.41) is 0. The van der Waals surface area contributed by atoms with Gasteiger partial charge in [0.15, 0.2) is 0 Å². The second kappa shape index (κ2) is 4.09. The van der Waals surface area contributed by atoms with Crippen LogP contribution in [0.15, 0.2) is 27.5 Å². The van der Waals surface area contributed by atoms with Gasteiger partial charge in [0.25, 0.3) is 10.1 Å². The van der Waals surface area contributed by atoms with Crippen molar-refractivity contribution < 1.29 is 21.4 Å². The van der Waals surface area contributed by atoms with E-state index in [0.717, 1.165) is 12.1 Å². The van der Waals surface area contributed by atoms with Crippen molar-refractivity contribution in [2.75, 3.05) is 0 Å². The molecule has 6 nitrogen and oxygen atoms in total. The number of benzene rings is 1. The van der Waals surface area contributed by atoms with Gasteiger partial charge in [-0.3, -0.25) is 4.55 Å². The summed E-state index contributed by atoms with van der Waals surface area (Å²) in [5.41, 5.74) is 0.477. The minimum absolute atomic E-state index is 0.135. The van der Waals surface area contributed by atoms with Gasteiger partial charge >= 0.3 is 10.5 Å². The number of aryl methyl sites for hydroxylation is 1. The van der Waals surface area contributed by atoms with E-state index in [1.807, 2.05) is 0 Å². The Hall–Kier alpha value is -1.25. The van der Waals surface area contributed by atoms with Crippen molar-refractivity contribution >= 4 is 26.3 Å². The number of hydrogen-bond donors (Lipinski definition) is 1. The van der Waals surface area contributed by atoms with Gasteiger partial charge < -0.3 is 0 Å². The molecule has 0 radical (unpaired) electrons. The van der Waals surface area contributed by atoms with Crippen LogP contribution in [0.2, 0.25) is 0 Å². The molecule has 0 bridgehead atoms. The Kier molecular flexibility index (Phi) is 3.22. The predicted molar refractivity (Wildman–Crippen MR) is 52.0 cm³/mol. The zero-order valence-electron chi connectivity index (χ0n) is 7.58. The van der Waals surface area contributed by atoms with Gasteiger partial charge in [0, 0.05) is 0 Å². The molecule has 8 heteroatoms. The third kappa shape index (κ3) is 3.11. The monoisotopic (exact) mass is 249 g/mol. The Bertz CT molecular complexity index is 607. The third-order valence-electron chi connectivity index (χ3n) is 1.64. The van der Waals surface area contributed by atoms with Crippen molar-refractivity contribution in [1.82, 2.24) is 0 Å². The maximum atomic E-state index is 10.7. The van der Waals surface area contributed by atoms with Crippen LogP contribution in [0.5, 0.6) is 0 Å². The van der Waals surface area contributed by atoms with Crippen molar-refractivity contribution in [2.24, 2.45) is 4.36 Å². The first-order valence-electron chi connectivity index (χ1n) is 3.70. The van der Waals surface area contributed by atoms with Gasteiger partial charge in [-0.2, -0.15) is 16.8 Å². The van der Waals surface area contributed by atoms with Crippen LogP contribution in [0.3, 0.4) is 0 Å². The lowest BCUT2D eigenvalue weighted by molar-refractivity contribution is 0.483. The summed E-state index contributed by atoms with van der Waals surface area (Å²) in [5.74, 6) is 0. The van der Waals surface area contributed by atoms with Crippen LogP contribution in [0.1, 0.15) is 5.56 Å². The second-order valence-corrected chi connectivity index (χ2v) is 4.77. The van der Waals surface area contributed by atoms with E-state index < -0.39 is 20.6 Å². The smallest absolute Gasteiger partial charge is 0.282 e. The Morgan fingerprint density at radius 2 is 1.93 bits per heavy atom. The molecule has 1 aromatic rings. The molecule has 1 aromatic carbocycles. The number of rotatable bonds is 2. The second-order valence-electron chi connectivity index (χ2n) is 2.73. The summed E-state index contributed by atoms with van der Waals surface area (Å²) in [6.45, 7) is 1.49. The van der Waals surface area contributed by atoms with Crippen molar-refractivity contribution in [3.05, 3.63) is 23.8 Å². The zero-order chi connectivity index (χ0) is 11.6. The molecular weight excluding hydrogens is 242 g/mol. The molecule has 0 aromatic heterocycles. The molecule has 1 rings (SSSR count). The summed E-state index contributed by atoms with van der Waals surface area (Å²) in [4.78, 5) is -0.296. The molecule has 0 heterocycles. The molecule has 1 N–H and O–H groups in total. The van der Waals surface area contributed by atoms with E-state index in [9.17, 15) is 16.8 Å². The zero-order valence-corrected chi connectivity index (χ0v) is 9.21. The summed E-state index contributed by atoms with van der Waals surface area (Å²) < 4.78 is 53.9. The van der Waals surface area contributed by atoms with E-state index in [0.29, 0.717) is 5.56 Å². The summed E-state index contributed by atoms with van der Waals surface area (Å²) in [6.07, 6.45) is 0. The van der Waals surface area contributed by atoms with Crippen LogP contribution in [0.4, 0.5) is 5.69 Å². The fourth-order valence-corrected chi connectivity index (χ4v) is 1.90. The molecule has 0 spiro atoms. The van der Waals surface area contributed by atoms with Crippen LogP contribution in [0.25, 0.3) is 0 Å². The topological polar surface area (TPSA) is 101 Å². The quantitative estimate of drug-likeness (QED) is 0.786. The Labute approximate surface area is 88.0 Å². The van der Waals surface area contributed by atoms with Gasteiger partial charge in [0.05, 0.1) is 10.6 Å². The van der Waals surface area contributed by atoms with Crippen LogP contribution < -0.4 is 0 Å². The van der Waals surface area contributed by atoms with Crippen LogP contribution in [-0.4, -0.2) is 21.4 Å². The standard InChI is InChI=1S/C7H7NO5S2/c1-5-4-6(15(11,12)13)2-3-7(5)8-14(9)10/h2-4H,1H3,(H,11,12,13). The fraction of sp³-hybridized carbons (Fsp3) is 0.143. The van der Waals surface area contributed by atoms with E-state index in [1.165, 1.54) is 13.0 Å². The first-order valence-corrected chi connectivity index (χ1v) is 6.17. The normalized spacial score (nSPS) is 11.1. The highest BCUT2D eigenvalue weighted by Crippen LogP contribution is 2.21. The first-order chi connectivity index (χ1) is 6.80. The minimum atomic E-state index is -4.27. The van der Waals surface area contributed by atoms with Crippen molar-refractivity contribution in [3.8, 4) is 0 Å². The van der Waals surface area contributed by atoms with Gasteiger partial charge in [-0.1, -0.05) is 0 Å². The summed E-state index contributed by atoms with van der Waals surface area (Å²) in [6, 6.07) is 3.42. The predicted octanol–water partition coefficient (Wildman–Crippen LogP) is 0.936. The van der Waals surface area contributed by atoms with E-state index in [2.05, 4.69) is 4.36 Å². The highest BCUT2D eigenvalue weighted by Gasteiger charge is 2.10. The average Bonchev–Trinajstić information content (AvgIpc) is 2.05. The number of nitrogens with zero attached hydrogens (tertiary/aromatic N) is 1. The van der Waals surface area contributed by atoms with Crippen LogP contribution in [0, 0.1) is 6.92 Å². The van der Waals surface area contributed by atoms with Gasteiger partial charge in [-0.25, -0.2) is 0 Å². The van der Waals surface area contributed by atoms with Crippen LogP contribution in [-0.2, 0) is 20.6 Å². The highest BCUT2D eigenvalue weighted by molar-refractivity contribution is 7.85. The molecule has 0 atom stereocenters. The highest BCUT2D eigenvalue weighted by atomic mass is 32.2.